The molecule has 0 unspecified atom stereocenters. The van der Waals surface area contributed by atoms with E-state index in [4.69, 9.17) is 0 Å². The minimum Gasteiger partial charge on any atom is -0.138 e. The largest absolute Gasteiger partial charge is 0.138 e. The molecule has 0 fully saturated rings. The van der Waals surface area contributed by atoms with E-state index in [2.05, 4.69) is 43.4 Å². The maximum Gasteiger partial charge on any atom is 0.109 e. The van der Waals surface area contributed by atoms with Gasteiger partial charge in [-0.15, -0.1) is 10.2 Å². The molecule has 0 aliphatic heterocycles. The van der Waals surface area contributed by atoms with Crippen LogP contribution in [0.25, 0.3) is 22.5 Å². The highest BCUT2D eigenvalue weighted by atomic mass is 32.1. The van der Waals surface area contributed by atoms with Gasteiger partial charge in [-0.05, 0) is 35.9 Å². The van der Waals surface area contributed by atoms with Crippen molar-refractivity contribution in [1.82, 2.24) is 19.2 Å². The number of nitrogens with zero attached hydrogens (tertiary/aromatic N) is 4. The van der Waals surface area contributed by atoms with Crippen LogP contribution in [-0.2, 0) is 12.8 Å². The Morgan fingerprint density at radius 3 is 1.42 bits per heavy atom. The van der Waals surface area contributed by atoms with Crippen molar-refractivity contribution >= 4 is 23.1 Å². The summed E-state index contributed by atoms with van der Waals surface area (Å²) >= 11 is 2.94. The normalized spacial score (nSPS) is 10.8. The average Bonchev–Trinajstić information content (AvgIpc) is 3.30. The SMILES string of the molecule is c1ccc(-c2nnsc2CCc2snnc2-c2ccccc2)cc1. The molecule has 0 aliphatic carbocycles. The van der Waals surface area contributed by atoms with Crippen LogP contribution in [-0.4, -0.2) is 19.2 Å². The summed E-state index contributed by atoms with van der Waals surface area (Å²) < 4.78 is 8.29. The van der Waals surface area contributed by atoms with E-state index in [0.717, 1.165) is 35.4 Å². The molecule has 4 nitrogen and oxygen atoms in total. The number of rotatable bonds is 5. The third-order valence-corrected chi connectivity index (χ3v) is 5.35. The van der Waals surface area contributed by atoms with E-state index in [-0.39, 0.29) is 0 Å². The van der Waals surface area contributed by atoms with Crippen molar-refractivity contribution in [2.45, 2.75) is 12.8 Å². The second kappa shape index (κ2) is 6.98. The van der Waals surface area contributed by atoms with Gasteiger partial charge >= 0.3 is 0 Å². The van der Waals surface area contributed by atoms with Gasteiger partial charge in [-0.25, -0.2) is 0 Å². The Hall–Kier alpha value is -2.44. The predicted octanol–water partition coefficient (Wildman–Crippen LogP) is 4.51. The van der Waals surface area contributed by atoms with Crippen molar-refractivity contribution in [3.63, 3.8) is 0 Å². The molecular formula is C18H14N4S2. The molecule has 6 heteroatoms. The van der Waals surface area contributed by atoms with Crippen molar-refractivity contribution in [1.29, 1.82) is 0 Å². The predicted molar refractivity (Wildman–Crippen MR) is 98.1 cm³/mol. The molecule has 0 saturated heterocycles. The van der Waals surface area contributed by atoms with Gasteiger partial charge in [0.05, 0.1) is 9.75 Å². The molecule has 4 aromatic rings. The Labute approximate surface area is 148 Å². The molecule has 0 bridgehead atoms. The van der Waals surface area contributed by atoms with Crippen molar-refractivity contribution in [3.8, 4) is 22.5 Å². The Balaban J connectivity index is 1.56. The first-order valence-corrected chi connectivity index (χ1v) is 9.20. The van der Waals surface area contributed by atoms with Gasteiger partial charge in [-0.1, -0.05) is 69.6 Å². The summed E-state index contributed by atoms with van der Waals surface area (Å²) in [5.74, 6) is 0. The highest BCUT2D eigenvalue weighted by Gasteiger charge is 2.14. The molecule has 118 valence electrons. The maximum absolute atomic E-state index is 4.31. The van der Waals surface area contributed by atoms with Crippen molar-refractivity contribution in [2.24, 2.45) is 0 Å². The van der Waals surface area contributed by atoms with Crippen molar-refractivity contribution in [2.75, 3.05) is 0 Å². The van der Waals surface area contributed by atoms with E-state index in [1.165, 1.54) is 32.8 Å². The molecule has 2 aromatic carbocycles. The quantitative estimate of drug-likeness (QED) is 0.531. The second-order valence-electron chi connectivity index (χ2n) is 5.32. The van der Waals surface area contributed by atoms with Crippen LogP contribution in [0.3, 0.4) is 0 Å². The molecule has 0 saturated carbocycles. The summed E-state index contributed by atoms with van der Waals surface area (Å²) in [4.78, 5) is 2.40. The summed E-state index contributed by atoms with van der Waals surface area (Å²) in [6.45, 7) is 0. The lowest BCUT2D eigenvalue weighted by Gasteiger charge is -2.02. The molecular weight excluding hydrogens is 336 g/mol. The second-order valence-corrected chi connectivity index (χ2v) is 7.00. The van der Waals surface area contributed by atoms with Gasteiger partial charge in [0.1, 0.15) is 11.4 Å². The van der Waals surface area contributed by atoms with Crippen molar-refractivity contribution < 1.29 is 0 Å². The summed E-state index contributed by atoms with van der Waals surface area (Å²) in [7, 11) is 0. The van der Waals surface area contributed by atoms with Crippen LogP contribution in [0.4, 0.5) is 0 Å². The van der Waals surface area contributed by atoms with Gasteiger partial charge in [0.25, 0.3) is 0 Å². The number of benzene rings is 2. The van der Waals surface area contributed by atoms with E-state index in [1.807, 2.05) is 36.4 Å². The third kappa shape index (κ3) is 3.11. The summed E-state index contributed by atoms with van der Waals surface area (Å²) in [5, 5.41) is 8.62. The summed E-state index contributed by atoms with van der Waals surface area (Å²) in [6, 6.07) is 20.4. The highest BCUT2D eigenvalue weighted by molar-refractivity contribution is 7.06. The van der Waals surface area contributed by atoms with E-state index in [0.29, 0.717) is 0 Å². The highest BCUT2D eigenvalue weighted by Crippen LogP contribution is 2.28. The van der Waals surface area contributed by atoms with Gasteiger partial charge < -0.3 is 0 Å². The summed E-state index contributed by atoms with van der Waals surface area (Å²) in [5.41, 5.74) is 4.21. The summed E-state index contributed by atoms with van der Waals surface area (Å²) in [6.07, 6.45) is 1.79. The topological polar surface area (TPSA) is 51.6 Å². The molecule has 0 N–H and O–H groups in total. The Kier molecular flexibility index (Phi) is 4.40. The standard InChI is InChI=1S/C18H14N4S2/c1-3-7-13(8-4-1)17-15(23-21-19-17)11-12-16-18(20-22-24-16)14-9-5-2-6-10-14/h1-10H,11-12H2. The molecule has 0 atom stereocenters. The van der Waals surface area contributed by atoms with Crippen LogP contribution >= 0.6 is 23.1 Å². The van der Waals surface area contributed by atoms with Gasteiger partial charge in [0.15, 0.2) is 0 Å². The number of hydrogen-bond donors (Lipinski definition) is 0. The molecule has 0 radical (unpaired) electrons. The zero-order valence-electron chi connectivity index (χ0n) is 12.8. The first-order valence-electron chi connectivity index (χ1n) is 7.65. The molecule has 4 rings (SSSR count). The monoisotopic (exact) mass is 350 g/mol. The van der Waals surface area contributed by atoms with Crippen LogP contribution < -0.4 is 0 Å². The van der Waals surface area contributed by atoms with Crippen LogP contribution in [0.5, 0.6) is 0 Å². The van der Waals surface area contributed by atoms with E-state index in [9.17, 15) is 0 Å². The Morgan fingerprint density at radius 2 is 1.00 bits per heavy atom. The minimum atomic E-state index is 0.894. The molecule has 0 amide bonds. The van der Waals surface area contributed by atoms with Crippen LogP contribution in [0.15, 0.2) is 60.7 Å². The van der Waals surface area contributed by atoms with Crippen LogP contribution in [0, 0.1) is 0 Å². The molecule has 2 aromatic heterocycles. The molecule has 0 spiro atoms. The smallest absolute Gasteiger partial charge is 0.109 e. The van der Waals surface area contributed by atoms with Gasteiger partial charge in [0.2, 0.25) is 0 Å². The van der Waals surface area contributed by atoms with Gasteiger partial charge in [0, 0.05) is 11.1 Å². The van der Waals surface area contributed by atoms with Gasteiger partial charge in [-0.3, -0.25) is 0 Å². The fourth-order valence-corrected chi connectivity index (χ4v) is 3.92. The Bertz CT molecular complexity index is 839. The maximum atomic E-state index is 4.31. The number of hydrogen-bond acceptors (Lipinski definition) is 6. The zero-order chi connectivity index (χ0) is 16.2. The van der Waals surface area contributed by atoms with Crippen LogP contribution in [0.1, 0.15) is 9.75 Å². The van der Waals surface area contributed by atoms with Crippen molar-refractivity contribution in [3.05, 3.63) is 70.4 Å². The lowest BCUT2D eigenvalue weighted by molar-refractivity contribution is 0.993. The Morgan fingerprint density at radius 1 is 0.583 bits per heavy atom. The first-order chi connectivity index (χ1) is 11.9. The molecule has 2 heterocycles. The number of aryl methyl sites for hydroxylation is 2. The van der Waals surface area contributed by atoms with E-state index < -0.39 is 0 Å². The first kappa shape index (κ1) is 15.1. The minimum absolute atomic E-state index is 0.894. The van der Waals surface area contributed by atoms with Crippen LogP contribution in [0.2, 0.25) is 0 Å². The fourth-order valence-electron chi connectivity index (χ4n) is 2.60. The van der Waals surface area contributed by atoms with Gasteiger partial charge in [-0.2, -0.15) is 0 Å². The lowest BCUT2D eigenvalue weighted by atomic mass is 10.1. The van der Waals surface area contributed by atoms with E-state index >= 15 is 0 Å². The number of aromatic nitrogens is 4. The lowest BCUT2D eigenvalue weighted by Crippen LogP contribution is -1.92. The third-order valence-electron chi connectivity index (χ3n) is 3.79. The molecule has 24 heavy (non-hydrogen) atoms. The van der Waals surface area contributed by atoms with E-state index in [1.54, 1.807) is 0 Å². The molecule has 0 aliphatic rings. The fraction of sp³-hybridized carbons (Fsp3) is 0.111. The zero-order valence-corrected chi connectivity index (χ0v) is 14.4. The average molecular weight is 350 g/mol.